The van der Waals surface area contributed by atoms with Gasteiger partial charge in [0, 0.05) is 11.5 Å². The molecule has 1 rings (SSSR count). The van der Waals surface area contributed by atoms with Gasteiger partial charge in [0.05, 0.1) is 10.6 Å². The fourth-order valence-corrected chi connectivity index (χ4v) is 2.45. The SMILES string of the molecule is CCC(C)C(N)c1snnc1C(C)(C)C. The Kier molecular flexibility index (Phi) is 3.84. The highest BCUT2D eigenvalue weighted by molar-refractivity contribution is 7.05. The summed E-state index contributed by atoms with van der Waals surface area (Å²) in [7, 11) is 0. The minimum atomic E-state index is 0.0351. The second kappa shape index (κ2) is 4.58. The molecule has 0 aliphatic carbocycles. The van der Waals surface area contributed by atoms with Gasteiger partial charge >= 0.3 is 0 Å². The van der Waals surface area contributed by atoms with Crippen molar-refractivity contribution >= 4 is 11.5 Å². The molecule has 15 heavy (non-hydrogen) atoms. The molecule has 86 valence electrons. The molecule has 0 amide bonds. The van der Waals surface area contributed by atoms with Gasteiger partial charge in [0.2, 0.25) is 0 Å². The Morgan fingerprint density at radius 2 is 2.00 bits per heavy atom. The molecule has 2 unspecified atom stereocenters. The molecule has 0 aliphatic heterocycles. The van der Waals surface area contributed by atoms with Crippen molar-refractivity contribution in [2.24, 2.45) is 11.7 Å². The molecule has 0 saturated carbocycles. The molecule has 0 spiro atoms. The summed E-state index contributed by atoms with van der Waals surface area (Å²) in [6, 6.07) is 0.0734. The van der Waals surface area contributed by atoms with Gasteiger partial charge in [0.1, 0.15) is 0 Å². The first-order valence-corrected chi connectivity index (χ1v) is 6.23. The molecule has 0 saturated heterocycles. The third-order valence-corrected chi connectivity index (χ3v) is 3.61. The van der Waals surface area contributed by atoms with Crippen LogP contribution in [0.2, 0.25) is 0 Å². The lowest BCUT2D eigenvalue weighted by atomic mass is 9.87. The standard InChI is InChI=1S/C11H21N3S/c1-6-7(2)8(12)9-10(11(3,4)5)13-14-15-9/h7-8H,6,12H2,1-5H3. The maximum atomic E-state index is 6.22. The number of rotatable bonds is 3. The molecule has 1 aromatic rings. The fraction of sp³-hybridized carbons (Fsp3) is 0.818. The van der Waals surface area contributed by atoms with Crippen LogP contribution in [0.1, 0.15) is 57.7 Å². The number of hydrogen-bond acceptors (Lipinski definition) is 4. The Balaban J connectivity index is 3.00. The molecule has 3 nitrogen and oxygen atoms in total. The van der Waals surface area contributed by atoms with E-state index >= 15 is 0 Å². The summed E-state index contributed by atoms with van der Waals surface area (Å²) in [6.07, 6.45) is 1.09. The molecule has 0 bridgehead atoms. The molecule has 2 atom stereocenters. The maximum absolute atomic E-state index is 6.22. The highest BCUT2D eigenvalue weighted by atomic mass is 32.1. The molecule has 0 fully saturated rings. The molecule has 0 aliphatic rings. The lowest BCUT2D eigenvalue weighted by Crippen LogP contribution is -2.23. The van der Waals surface area contributed by atoms with E-state index in [2.05, 4.69) is 44.2 Å². The highest BCUT2D eigenvalue weighted by Crippen LogP contribution is 2.33. The lowest BCUT2D eigenvalue weighted by molar-refractivity contribution is 0.449. The zero-order valence-electron chi connectivity index (χ0n) is 10.2. The van der Waals surface area contributed by atoms with Crippen molar-refractivity contribution in [2.45, 2.75) is 52.5 Å². The van der Waals surface area contributed by atoms with Gasteiger partial charge in [-0.3, -0.25) is 0 Å². The number of nitrogens with two attached hydrogens (primary N) is 1. The van der Waals surface area contributed by atoms with Crippen LogP contribution in [0.3, 0.4) is 0 Å². The maximum Gasteiger partial charge on any atom is 0.0857 e. The first-order valence-electron chi connectivity index (χ1n) is 5.46. The van der Waals surface area contributed by atoms with E-state index in [0.29, 0.717) is 5.92 Å². The van der Waals surface area contributed by atoms with Gasteiger partial charge in [0.25, 0.3) is 0 Å². The number of nitrogens with zero attached hydrogens (tertiary/aromatic N) is 2. The average Bonchev–Trinajstić information content (AvgIpc) is 2.63. The van der Waals surface area contributed by atoms with Crippen molar-refractivity contribution in [3.63, 3.8) is 0 Å². The summed E-state index contributed by atoms with van der Waals surface area (Å²) in [4.78, 5) is 1.15. The van der Waals surface area contributed by atoms with Crippen LogP contribution < -0.4 is 5.73 Å². The van der Waals surface area contributed by atoms with Crippen molar-refractivity contribution in [1.29, 1.82) is 0 Å². The second-order valence-corrected chi connectivity index (χ2v) is 5.93. The van der Waals surface area contributed by atoms with Crippen molar-refractivity contribution in [1.82, 2.24) is 9.59 Å². The van der Waals surface area contributed by atoms with Crippen molar-refractivity contribution in [2.75, 3.05) is 0 Å². The molecular weight excluding hydrogens is 206 g/mol. The third kappa shape index (κ3) is 2.75. The van der Waals surface area contributed by atoms with E-state index in [-0.39, 0.29) is 11.5 Å². The van der Waals surface area contributed by atoms with Crippen LogP contribution in [0.4, 0.5) is 0 Å². The van der Waals surface area contributed by atoms with E-state index in [4.69, 9.17) is 5.73 Å². The largest absolute Gasteiger partial charge is 0.323 e. The highest BCUT2D eigenvalue weighted by Gasteiger charge is 2.27. The molecule has 0 radical (unpaired) electrons. The lowest BCUT2D eigenvalue weighted by Gasteiger charge is -2.22. The topological polar surface area (TPSA) is 51.8 Å². The monoisotopic (exact) mass is 227 g/mol. The predicted molar refractivity (Wildman–Crippen MR) is 65.0 cm³/mol. The van der Waals surface area contributed by atoms with Crippen LogP contribution in [0.15, 0.2) is 0 Å². The Hall–Kier alpha value is -0.480. The van der Waals surface area contributed by atoms with E-state index in [9.17, 15) is 0 Å². The van der Waals surface area contributed by atoms with E-state index in [1.54, 1.807) is 0 Å². The predicted octanol–water partition coefficient (Wildman–Crippen LogP) is 2.88. The zero-order valence-corrected chi connectivity index (χ0v) is 11.1. The van der Waals surface area contributed by atoms with E-state index in [1.807, 2.05) is 0 Å². The molecule has 1 heterocycles. The van der Waals surface area contributed by atoms with Crippen LogP contribution in [-0.2, 0) is 5.41 Å². The Bertz CT molecular complexity index is 314. The summed E-state index contributed by atoms with van der Waals surface area (Å²) < 4.78 is 4.04. The number of hydrogen-bond donors (Lipinski definition) is 1. The van der Waals surface area contributed by atoms with Crippen molar-refractivity contribution in [3.8, 4) is 0 Å². The Labute approximate surface area is 96.2 Å². The van der Waals surface area contributed by atoms with Gasteiger partial charge < -0.3 is 5.73 Å². The van der Waals surface area contributed by atoms with Gasteiger partial charge in [-0.25, -0.2) is 0 Å². The first kappa shape index (κ1) is 12.6. The normalized spacial score (nSPS) is 16.4. The first-order chi connectivity index (χ1) is 6.88. The van der Waals surface area contributed by atoms with E-state index in [0.717, 1.165) is 17.0 Å². The summed E-state index contributed by atoms with van der Waals surface area (Å²) in [5, 5.41) is 4.21. The van der Waals surface area contributed by atoms with Crippen molar-refractivity contribution < 1.29 is 0 Å². The molecular formula is C11H21N3S. The number of aromatic nitrogens is 2. The molecule has 4 heteroatoms. The minimum absolute atomic E-state index is 0.0351. The molecule has 0 aromatic carbocycles. The van der Waals surface area contributed by atoms with Gasteiger partial charge in [-0.2, -0.15) is 0 Å². The Morgan fingerprint density at radius 3 is 2.47 bits per heavy atom. The van der Waals surface area contributed by atoms with Crippen LogP contribution in [0.5, 0.6) is 0 Å². The van der Waals surface area contributed by atoms with Gasteiger partial charge in [-0.15, -0.1) is 5.10 Å². The van der Waals surface area contributed by atoms with Gasteiger partial charge in [-0.05, 0) is 17.5 Å². The molecule has 1 aromatic heterocycles. The average molecular weight is 227 g/mol. The van der Waals surface area contributed by atoms with E-state index < -0.39 is 0 Å². The Morgan fingerprint density at radius 1 is 1.40 bits per heavy atom. The summed E-state index contributed by atoms with van der Waals surface area (Å²) in [6.45, 7) is 10.8. The minimum Gasteiger partial charge on any atom is -0.323 e. The fourth-order valence-electron chi connectivity index (χ4n) is 1.45. The zero-order chi connectivity index (χ0) is 11.6. The van der Waals surface area contributed by atoms with Crippen molar-refractivity contribution in [3.05, 3.63) is 10.6 Å². The molecule has 2 N–H and O–H groups in total. The van der Waals surface area contributed by atoms with E-state index in [1.165, 1.54) is 11.5 Å². The van der Waals surface area contributed by atoms with Crippen LogP contribution in [0, 0.1) is 5.92 Å². The third-order valence-electron chi connectivity index (χ3n) is 2.78. The summed E-state index contributed by atoms with van der Waals surface area (Å²) >= 11 is 1.44. The van der Waals surface area contributed by atoms with Crippen LogP contribution >= 0.6 is 11.5 Å². The van der Waals surface area contributed by atoms with Gasteiger partial charge in [-0.1, -0.05) is 45.5 Å². The van der Waals surface area contributed by atoms with Crippen LogP contribution in [-0.4, -0.2) is 9.59 Å². The summed E-state index contributed by atoms with van der Waals surface area (Å²) in [5.41, 5.74) is 7.31. The second-order valence-electron chi connectivity index (χ2n) is 5.15. The quantitative estimate of drug-likeness (QED) is 0.864. The van der Waals surface area contributed by atoms with Gasteiger partial charge in [0.15, 0.2) is 0 Å². The summed E-state index contributed by atoms with van der Waals surface area (Å²) in [5.74, 6) is 0.480. The smallest absolute Gasteiger partial charge is 0.0857 e. The van der Waals surface area contributed by atoms with Crippen LogP contribution in [0.25, 0.3) is 0 Å².